The van der Waals surface area contributed by atoms with Crippen molar-refractivity contribution in [1.29, 1.82) is 0 Å². The zero-order chi connectivity index (χ0) is 12.5. The molecule has 0 aliphatic heterocycles. The van der Waals surface area contributed by atoms with Crippen molar-refractivity contribution >= 4 is 11.6 Å². The van der Waals surface area contributed by atoms with Crippen LogP contribution in [-0.4, -0.2) is 6.10 Å². The fourth-order valence-electron chi connectivity index (χ4n) is 1.13. The molecule has 0 fully saturated rings. The third-order valence-corrected chi connectivity index (χ3v) is 1.95. The average Bonchev–Trinajstić information content (AvgIpc) is 2.06. The zero-order valence-electron chi connectivity index (χ0n) is 8.53. The molecule has 0 aromatic heterocycles. The Hall–Kier alpha value is -0.970. The minimum absolute atomic E-state index is 0.365. The predicted octanol–water partition coefficient (Wildman–Crippen LogP) is 4.29. The Bertz CT molecular complexity index is 387. The highest BCUT2D eigenvalue weighted by Crippen LogP contribution is 2.41. The van der Waals surface area contributed by atoms with E-state index >= 15 is 0 Å². The Kier molecular flexibility index (Phi) is 3.68. The SMILES string of the molecule is CC(C)Oc1c(Cl)cc(F)cc1C(F)(F)F. The first kappa shape index (κ1) is 13.1. The van der Waals surface area contributed by atoms with Crippen LogP contribution in [0, 0.1) is 5.82 Å². The maximum absolute atomic E-state index is 12.8. The lowest BCUT2D eigenvalue weighted by molar-refractivity contribution is -0.139. The summed E-state index contributed by atoms with van der Waals surface area (Å²) in [6.07, 6.45) is -5.18. The van der Waals surface area contributed by atoms with Gasteiger partial charge in [-0.25, -0.2) is 4.39 Å². The van der Waals surface area contributed by atoms with Crippen molar-refractivity contribution in [3.8, 4) is 5.75 Å². The molecule has 1 rings (SSSR count). The van der Waals surface area contributed by atoms with E-state index in [0.29, 0.717) is 6.07 Å². The Morgan fingerprint density at radius 2 is 1.81 bits per heavy atom. The van der Waals surface area contributed by atoms with E-state index in [1.54, 1.807) is 13.8 Å². The molecule has 90 valence electrons. The van der Waals surface area contributed by atoms with Gasteiger partial charge in [0.25, 0.3) is 0 Å². The largest absolute Gasteiger partial charge is 0.489 e. The zero-order valence-corrected chi connectivity index (χ0v) is 9.29. The highest BCUT2D eigenvalue weighted by molar-refractivity contribution is 6.32. The van der Waals surface area contributed by atoms with Crippen molar-refractivity contribution in [3.05, 3.63) is 28.5 Å². The molecule has 0 unspecified atom stereocenters. The van der Waals surface area contributed by atoms with E-state index in [1.165, 1.54) is 0 Å². The second kappa shape index (κ2) is 4.49. The average molecular weight is 257 g/mol. The molecule has 0 aliphatic carbocycles. The summed E-state index contributed by atoms with van der Waals surface area (Å²) in [5.74, 6) is -1.58. The maximum atomic E-state index is 12.8. The lowest BCUT2D eigenvalue weighted by Gasteiger charge is -2.17. The van der Waals surface area contributed by atoms with Gasteiger partial charge in [-0.05, 0) is 26.0 Å². The molecule has 1 nitrogen and oxygen atoms in total. The molecule has 0 heterocycles. The van der Waals surface area contributed by atoms with Crippen LogP contribution in [0.5, 0.6) is 5.75 Å². The van der Waals surface area contributed by atoms with Gasteiger partial charge in [-0.3, -0.25) is 0 Å². The number of hydrogen-bond acceptors (Lipinski definition) is 1. The molecule has 0 saturated carbocycles. The Balaban J connectivity index is 3.33. The van der Waals surface area contributed by atoms with Crippen molar-refractivity contribution in [2.45, 2.75) is 26.1 Å². The maximum Gasteiger partial charge on any atom is 0.420 e. The van der Waals surface area contributed by atoms with E-state index in [0.717, 1.165) is 6.07 Å². The summed E-state index contributed by atoms with van der Waals surface area (Å²) in [5.41, 5.74) is -1.20. The quantitative estimate of drug-likeness (QED) is 0.718. The minimum Gasteiger partial charge on any atom is -0.489 e. The van der Waals surface area contributed by atoms with Crippen LogP contribution in [0.4, 0.5) is 17.6 Å². The highest BCUT2D eigenvalue weighted by Gasteiger charge is 2.36. The molecule has 0 aliphatic rings. The number of rotatable bonds is 2. The van der Waals surface area contributed by atoms with Gasteiger partial charge in [-0.1, -0.05) is 11.6 Å². The molecule has 1 aromatic carbocycles. The first-order valence-electron chi connectivity index (χ1n) is 4.44. The molecule has 6 heteroatoms. The van der Waals surface area contributed by atoms with Crippen LogP contribution >= 0.6 is 11.6 Å². The van der Waals surface area contributed by atoms with Crippen molar-refractivity contribution < 1.29 is 22.3 Å². The fraction of sp³-hybridized carbons (Fsp3) is 0.400. The summed E-state index contributed by atoms with van der Waals surface area (Å²) in [5, 5.41) is -0.388. The van der Waals surface area contributed by atoms with Crippen molar-refractivity contribution in [2.24, 2.45) is 0 Å². The van der Waals surface area contributed by atoms with E-state index in [1.807, 2.05) is 0 Å². The van der Waals surface area contributed by atoms with Crippen molar-refractivity contribution in [2.75, 3.05) is 0 Å². The Morgan fingerprint density at radius 1 is 1.25 bits per heavy atom. The number of hydrogen-bond donors (Lipinski definition) is 0. The van der Waals surface area contributed by atoms with E-state index in [-0.39, 0.29) is 5.02 Å². The van der Waals surface area contributed by atoms with E-state index in [9.17, 15) is 17.6 Å². The van der Waals surface area contributed by atoms with Crippen LogP contribution in [0.2, 0.25) is 5.02 Å². The van der Waals surface area contributed by atoms with Crippen LogP contribution in [0.15, 0.2) is 12.1 Å². The van der Waals surface area contributed by atoms with Gasteiger partial charge < -0.3 is 4.74 Å². The van der Waals surface area contributed by atoms with E-state index in [4.69, 9.17) is 16.3 Å². The summed E-state index contributed by atoms with van der Waals surface area (Å²) in [4.78, 5) is 0. The molecule has 1 aromatic rings. The molecule has 0 amide bonds. The summed E-state index contributed by atoms with van der Waals surface area (Å²) in [6, 6.07) is 1.15. The smallest absolute Gasteiger partial charge is 0.420 e. The first-order valence-corrected chi connectivity index (χ1v) is 4.82. The van der Waals surface area contributed by atoms with Crippen molar-refractivity contribution in [3.63, 3.8) is 0 Å². The van der Waals surface area contributed by atoms with E-state index < -0.39 is 29.4 Å². The van der Waals surface area contributed by atoms with Gasteiger partial charge >= 0.3 is 6.18 Å². The number of ether oxygens (including phenoxy) is 1. The fourth-order valence-corrected chi connectivity index (χ4v) is 1.38. The standard InChI is InChI=1S/C10H9ClF4O/c1-5(2)16-9-7(10(13,14)15)3-6(12)4-8(9)11/h3-5H,1-2H3. The third-order valence-electron chi connectivity index (χ3n) is 1.67. The first-order chi connectivity index (χ1) is 7.21. The van der Waals surface area contributed by atoms with Crippen LogP contribution in [0.1, 0.15) is 19.4 Å². The van der Waals surface area contributed by atoms with Gasteiger partial charge in [0.05, 0.1) is 11.1 Å². The second-order valence-electron chi connectivity index (χ2n) is 3.43. The molecular weight excluding hydrogens is 248 g/mol. The molecule has 0 atom stereocenters. The lowest BCUT2D eigenvalue weighted by atomic mass is 10.2. The topological polar surface area (TPSA) is 9.23 Å². The van der Waals surface area contributed by atoms with Crippen LogP contribution < -0.4 is 4.74 Å². The Labute approximate surface area is 95.0 Å². The second-order valence-corrected chi connectivity index (χ2v) is 3.84. The highest BCUT2D eigenvalue weighted by atomic mass is 35.5. The summed E-state index contributed by atoms with van der Waals surface area (Å²) in [6.45, 7) is 3.11. The number of benzene rings is 1. The third kappa shape index (κ3) is 3.01. The Morgan fingerprint density at radius 3 is 2.25 bits per heavy atom. The number of alkyl halides is 3. The molecule has 0 saturated heterocycles. The molecule has 0 spiro atoms. The van der Waals surface area contributed by atoms with Gasteiger partial charge in [-0.2, -0.15) is 13.2 Å². The lowest BCUT2D eigenvalue weighted by Crippen LogP contribution is -2.13. The monoisotopic (exact) mass is 256 g/mol. The molecular formula is C10H9ClF4O. The van der Waals surface area contributed by atoms with Crippen LogP contribution in [-0.2, 0) is 6.18 Å². The molecule has 0 N–H and O–H groups in total. The molecule has 0 bridgehead atoms. The van der Waals surface area contributed by atoms with Gasteiger partial charge in [0.2, 0.25) is 0 Å². The summed E-state index contributed by atoms with van der Waals surface area (Å²) in [7, 11) is 0. The summed E-state index contributed by atoms with van der Waals surface area (Å²) >= 11 is 5.52. The van der Waals surface area contributed by atoms with Crippen LogP contribution in [0.25, 0.3) is 0 Å². The van der Waals surface area contributed by atoms with Gasteiger partial charge in [0.1, 0.15) is 11.4 Å². The number of halogens is 5. The van der Waals surface area contributed by atoms with Gasteiger partial charge in [0, 0.05) is 0 Å². The predicted molar refractivity (Wildman–Crippen MR) is 52.2 cm³/mol. The van der Waals surface area contributed by atoms with Gasteiger partial charge in [-0.15, -0.1) is 0 Å². The minimum atomic E-state index is -4.70. The van der Waals surface area contributed by atoms with Gasteiger partial charge in [0.15, 0.2) is 5.75 Å². The van der Waals surface area contributed by atoms with Crippen molar-refractivity contribution in [1.82, 2.24) is 0 Å². The van der Waals surface area contributed by atoms with Crippen LogP contribution in [0.3, 0.4) is 0 Å². The van der Waals surface area contributed by atoms with E-state index in [2.05, 4.69) is 0 Å². The molecule has 16 heavy (non-hydrogen) atoms. The molecule has 0 radical (unpaired) electrons. The summed E-state index contributed by atoms with van der Waals surface area (Å²) < 4.78 is 55.4. The normalized spacial score (nSPS) is 12.0.